The second kappa shape index (κ2) is 12.2. The van der Waals surface area contributed by atoms with E-state index in [1.165, 1.54) is 11.3 Å². The molecule has 0 unspecified atom stereocenters. The summed E-state index contributed by atoms with van der Waals surface area (Å²) in [4.78, 5) is 22.8. The topological polar surface area (TPSA) is 63.5 Å². The summed E-state index contributed by atoms with van der Waals surface area (Å²) in [6.07, 6.45) is 1.66. The molecule has 186 valence electrons. The van der Waals surface area contributed by atoms with Crippen LogP contribution in [0.1, 0.15) is 36.8 Å². The van der Waals surface area contributed by atoms with Gasteiger partial charge in [0, 0.05) is 13.1 Å². The molecule has 0 aliphatic carbocycles. The van der Waals surface area contributed by atoms with Crippen molar-refractivity contribution in [3.8, 4) is 11.4 Å². The van der Waals surface area contributed by atoms with E-state index in [4.69, 9.17) is 9.72 Å². The minimum absolute atomic E-state index is 0. The minimum atomic E-state index is -0.0937. The van der Waals surface area contributed by atoms with Crippen molar-refractivity contribution in [1.82, 2.24) is 19.7 Å². The molecule has 0 aliphatic rings. The molecule has 0 saturated carbocycles. The van der Waals surface area contributed by atoms with E-state index in [9.17, 15) is 4.79 Å². The molecule has 35 heavy (non-hydrogen) atoms. The molecule has 0 radical (unpaired) electrons. The third kappa shape index (κ3) is 5.66. The predicted molar refractivity (Wildman–Crippen MR) is 146 cm³/mol. The van der Waals surface area contributed by atoms with Gasteiger partial charge in [-0.3, -0.25) is 9.69 Å². The highest BCUT2D eigenvalue weighted by molar-refractivity contribution is 7.22. The van der Waals surface area contributed by atoms with Crippen molar-refractivity contribution in [3.63, 3.8) is 0 Å². The summed E-state index contributed by atoms with van der Waals surface area (Å²) in [6.45, 7) is 11.9. The van der Waals surface area contributed by atoms with Crippen molar-refractivity contribution < 1.29 is 9.53 Å². The number of nitrogens with zero attached hydrogens (tertiary/aromatic N) is 5. The summed E-state index contributed by atoms with van der Waals surface area (Å²) in [5, 5.41) is 5.19. The van der Waals surface area contributed by atoms with Gasteiger partial charge in [-0.1, -0.05) is 49.4 Å². The third-order valence-corrected chi connectivity index (χ3v) is 6.97. The number of likely N-dealkylation sites (N-methyl/N-ethyl adjacent to an activating group) is 1. The number of amides is 1. The van der Waals surface area contributed by atoms with Gasteiger partial charge >= 0.3 is 0 Å². The van der Waals surface area contributed by atoms with E-state index in [1.54, 1.807) is 15.8 Å². The smallest absolute Gasteiger partial charge is 0.263 e. The molecule has 0 fully saturated rings. The molecular formula is C26H32ClN5O2S. The van der Waals surface area contributed by atoms with Crippen LogP contribution in [-0.4, -0.2) is 58.4 Å². The summed E-state index contributed by atoms with van der Waals surface area (Å²) >= 11 is 1.51. The van der Waals surface area contributed by atoms with E-state index in [1.807, 2.05) is 62.4 Å². The third-order valence-electron chi connectivity index (χ3n) is 5.92. The molecule has 0 N–H and O–H groups in total. The molecule has 0 bridgehead atoms. The second-order valence-corrected chi connectivity index (χ2v) is 8.92. The van der Waals surface area contributed by atoms with Gasteiger partial charge < -0.3 is 9.64 Å². The molecule has 9 heteroatoms. The molecule has 0 spiro atoms. The molecule has 4 aromatic rings. The standard InChI is InChI=1S/C26H31N5O2S.ClH/c1-5-29(6-2)16-17-30(26-28-24-22(33-7-3)14-11-15-23(24)34-26)25(32)21-18-27-31(19(21)4)20-12-9-8-10-13-20;/h8-15,18H,5-7,16-17H2,1-4H3;1H. The first-order valence-corrected chi connectivity index (χ1v) is 12.6. The van der Waals surface area contributed by atoms with Gasteiger partial charge in [0.25, 0.3) is 5.91 Å². The van der Waals surface area contributed by atoms with Gasteiger partial charge in [0.05, 0.1) is 34.4 Å². The maximum Gasteiger partial charge on any atom is 0.263 e. The lowest BCUT2D eigenvalue weighted by molar-refractivity contribution is 0.0983. The fourth-order valence-corrected chi connectivity index (χ4v) is 4.97. The SMILES string of the molecule is CCOc1cccc2sc(N(CCN(CC)CC)C(=O)c3cnn(-c4ccccc4)c3C)nc12.Cl. The fourth-order valence-electron chi connectivity index (χ4n) is 3.96. The van der Waals surface area contributed by atoms with Crippen molar-refractivity contribution in [3.05, 3.63) is 66.0 Å². The number of anilines is 1. The maximum atomic E-state index is 13.9. The van der Waals surface area contributed by atoms with Gasteiger partial charge in [-0.15, -0.1) is 12.4 Å². The maximum absolute atomic E-state index is 13.9. The first kappa shape index (κ1) is 26.7. The van der Waals surface area contributed by atoms with E-state index in [2.05, 4.69) is 23.8 Å². The Morgan fingerprint density at radius 1 is 1.03 bits per heavy atom. The van der Waals surface area contributed by atoms with E-state index >= 15 is 0 Å². The van der Waals surface area contributed by atoms with Crippen LogP contribution in [0, 0.1) is 6.92 Å². The summed E-state index contributed by atoms with van der Waals surface area (Å²) < 4.78 is 8.59. The van der Waals surface area contributed by atoms with E-state index in [0.29, 0.717) is 23.8 Å². The summed E-state index contributed by atoms with van der Waals surface area (Å²) in [5.41, 5.74) is 3.10. The van der Waals surface area contributed by atoms with Crippen LogP contribution < -0.4 is 9.64 Å². The molecule has 0 saturated heterocycles. The monoisotopic (exact) mass is 513 g/mol. The highest BCUT2D eigenvalue weighted by atomic mass is 35.5. The Kier molecular flexibility index (Phi) is 9.26. The lowest BCUT2D eigenvalue weighted by Gasteiger charge is -2.24. The van der Waals surface area contributed by atoms with Crippen LogP contribution in [0.3, 0.4) is 0 Å². The zero-order valence-corrected chi connectivity index (χ0v) is 22.2. The average molecular weight is 514 g/mol. The van der Waals surface area contributed by atoms with Gasteiger partial charge in [0.1, 0.15) is 11.3 Å². The van der Waals surface area contributed by atoms with Crippen LogP contribution in [-0.2, 0) is 0 Å². The average Bonchev–Trinajstić information content (AvgIpc) is 3.46. The Labute approximate surface area is 216 Å². The number of thiazole rings is 1. The first-order valence-electron chi connectivity index (χ1n) is 11.7. The minimum Gasteiger partial charge on any atom is -0.492 e. The van der Waals surface area contributed by atoms with Crippen molar-refractivity contribution in [1.29, 1.82) is 0 Å². The van der Waals surface area contributed by atoms with Crippen LogP contribution in [0.15, 0.2) is 54.7 Å². The zero-order valence-electron chi connectivity index (χ0n) is 20.6. The van der Waals surface area contributed by atoms with Gasteiger partial charge in [0.15, 0.2) is 5.13 Å². The molecule has 7 nitrogen and oxygen atoms in total. The zero-order chi connectivity index (χ0) is 24.1. The van der Waals surface area contributed by atoms with Crippen LogP contribution in [0.25, 0.3) is 15.9 Å². The number of hydrogen-bond donors (Lipinski definition) is 0. The first-order chi connectivity index (χ1) is 16.6. The second-order valence-electron chi connectivity index (χ2n) is 7.91. The molecular weight excluding hydrogens is 482 g/mol. The molecule has 4 rings (SSSR count). The van der Waals surface area contributed by atoms with Crippen LogP contribution in [0.5, 0.6) is 5.75 Å². The van der Waals surface area contributed by atoms with Crippen molar-refractivity contribution in [2.24, 2.45) is 0 Å². The number of aromatic nitrogens is 3. The predicted octanol–water partition coefficient (Wildman–Crippen LogP) is 5.60. The number of fused-ring (bicyclic) bond motifs is 1. The normalized spacial score (nSPS) is 11.0. The highest BCUT2D eigenvalue weighted by Gasteiger charge is 2.26. The Morgan fingerprint density at radius 3 is 2.46 bits per heavy atom. The van der Waals surface area contributed by atoms with Crippen molar-refractivity contribution >= 4 is 45.0 Å². The Balaban J connectivity index is 0.00000342. The van der Waals surface area contributed by atoms with Crippen LogP contribution in [0.2, 0.25) is 0 Å². The van der Waals surface area contributed by atoms with Gasteiger partial charge in [-0.2, -0.15) is 5.10 Å². The number of hydrogen-bond acceptors (Lipinski definition) is 6. The fraction of sp³-hybridized carbons (Fsp3) is 0.346. The number of carbonyl (C=O) groups is 1. The molecule has 0 atom stereocenters. The van der Waals surface area contributed by atoms with Crippen LogP contribution in [0.4, 0.5) is 5.13 Å². The summed E-state index contributed by atoms with van der Waals surface area (Å²) in [7, 11) is 0. The van der Waals surface area contributed by atoms with Crippen LogP contribution >= 0.6 is 23.7 Å². The molecule has 2 aromatic heterocycles. The number of para-hydroxylation sites is 2. The number of carbonyl (C=O) groups excluding carboxylic acids is 1. The van der Waals surface area contributed by atoms with Crippen molar-refractivity contribution in [2.75, 3.05) is 37.7 Å². The highest BCUT2D eigenvalue weighted by Crippen LogP contribution is 2.35. The number of benzene rings is 2. The van der Waals surface area contributed by atoms with E-state index in [0.717, 1.165) is 47.0 Å². The lowest BCUT2D eigenvalue weighted by Crippen LogP contribution is -2.39. The van der Waals surface area contributed by atoms with Crippen molar-refractivity contribution in [2.45, 2.75) is 27.7 Å². The quantitative estimate of drug-likeness (QED) is 0.276. The van der Waals surface area contributed by atoms with E-state index < -0.39 is 0 Å². The summed E-state index contributed by atoms with van der Waals surface area (Å²) in [6, 6.07) is 15.8. The van der Waals surface area contributed by atoms with E-state index in [-0.39, 0.29) is 18.3 Å². The molecule has 2 heterocycles. The largest absolute Gasteiger partial charge is 0.492 e. The summed E-state index contributed by atoms with van der Waals surface area (Å²) in [5.74, 6) is 0.649. The molecule has 2 aromatic carbocycles. The molecule has 1 amide bonds. The Bertz CT molecular complexity index is 1250. The Hall–Kier alpha value is -2.94. The Morgan fingerprint density at radius 2 is 1.77 bits per heavy atom. The van der Waals surface area contributed by atoms with Gasteiger partial charge in [0.2, 0.25) is 0 Å². The number of ether oxygens (including phenoxy) is 1. The molecule has 0 aliphatic heterocycles. The lowest BCUT2D eigenvalue weighted by atomic mass is 10.2. The number of rotatable bonds is 10. The number of halogens is 1. The van der Waals surface area contributed by atoms with Gasteiger partial charge in [-0.05, 0) is 51.2 Å². The van der Waals surface area contributed by atoms with Gasteiger partial charge in [-0.25, -0.2) is 9.67 Å².